The Hall–Kier alpha value is -0.180. The van der Waals surface area contributed by atoms with Crippen LogP contribution in [0, 0.1) is 5.92 Å². The first-order valence-electron chi connectivity index (χ1n) is 7.18. The van der Waals surface area contributed by atoms with Crippen LogP contribution in [0.5, 0.6) is 0 Å². The molecule has 2 atom stereocenters. The monoisotopic (exact) mass is 247 g/mol. The second-order valence-corrected chi connectivity index (χ2v) is 5.41. The second kappa shape index (κ2) is 7.30. The highest BCUT2D eigenvalue weighted by Gasteiger charge is 2.35. The molecule has 0 radical (unpaired) electrons. The molecule has 0 aromatic rings. The molecule has 0 bridgehead atoms. The maximum atomic E-state index is 13.2. The summed E-state index contributed by atoms with van der Waals surface area (Å²) < 4.78 is 26.4. The molecule has 1 N–H and O–H groups in total. The normalized spacial score (nSPS) is 25.8. The third-order valence-electron chi connectivity index (χ3n) is 3.89. The summed E-state index contributed by atoms with van der Waals surface area (Å²) in [6.07, 6.45) is 6.30. The minimum Gasteiger partial charge on any atom is -0.314 e. The highest BCUT2D eigenvalue weighted by Crippen LogP contribution is 2.38. The maximum Gasteiger partial charge on any atom is 0.248 e. The molecule has 1 nitrogen and oxygen atoms in total. The molecule has 0 aromatic carbocycles. The zero-order chi connectivity index (χ0) is 12.7. The van der Waals surface area contributed by atoms with Gasteiger partial charge in [-0.05, 0) is 31.7 Å². The van der Waals surface area contributed by atoms with Crippen LogP contribution in [-0.2, 0) is 0 Å². The predicted octanol–water partition coefficient (Wildman–Crippen LogP) is 4.37. The largest absolute Gasteiger partial charge is 0.314 e. The van der Waals surface area contributed by atoms with E-state index >= 15 is 0 Å². The maximum absolute atomic E-state index is 13.2. The Bertz CT molecular complexity index is 206. The first-order valence-corrected chi connectivity index (χ1v) is 7.18. The Morgan fingerprint density at radius 1 is 1.35 bits per heavy atom. The van der Waals surface area contributed by atoms with Gasteiger partial charge in [-0.15, -0.1) is 0 Å². The third-order valence-corrected chi connectivity index (χ3v) is 3.89. The number of rotatable bonds is 7. The van der Waals surface area contributed by atoms with Gasteiger partial charge in [-0.3, -0.25) is 0 Å². The minimum atomic E-state index is -2.38. The summed E-state index contributed by atoms with van der Waals surface area (Å²) in [4.78, 5) is 0. The first-order chi connectivity index (χ1) is 8.07. The fourth-order valence-electron chi connectivity index (χ4n) is 2.91. The summed E-state index contributed by atoms with van der Waals surface area (Å²) in [5, 5.41) is 3.44. The van der Waals surface area contributed by atoms with Gasteiger partial charge in [-0.1, -0.05) is 33.1 Å². The topological polar surface area (TPSA) is 12.0 Å². The lowest BCUT2D eigenvalue weighted by atomic mass is 9.83. The van der Waals surface area contributed by atoms with Crippen LogP contribution < -0.4 is 5.32 Å². The minimum absolute atomic E-state index is 0.110. The summed E-state index contributed by atoms with van der Waals surface area (Å²) in [5.74, 6) is -2.12. The van der Waals surface area contributed by atoms with E-state index < -0.39 is 5.92 Å². The van der Waals surface area contributed by atoms with Gasteiger partial charge in [0.1, 0.15) is 0 Å². The molecule has 17 heavy (non-hydrogen) atoms. The molecule has 2 unspecified atom stereocenters. The summed E-state index contributed by atoms with van der Waals surface area (Å²) in [6, 6.07) is 0.573. The fourth-order valence-corrected chi connectivity index (χ4v) is 2.91. The molecular formula is C14H27F2N. The molecule has 0 spiro atoms. The van der Waals surface area contributed by atoms with Crippen LogP contribution >= 0.6 is 0 Å². The average Bonchev–Trinajstić information content (AvgIpc) is 2.26. The Morgan fingerprint density at radius 2 is 2.12 bits per heavy atom. The van der Waals surface area contributed by atoms with Gasteiger partial charge in [0.05, 0.1) is 0 Å². The number of hydrogen-bond acceptors (Lipinski definition) is 1. The molecule has 0 aliphatic heterocycles. The molecule has 1 fully saturated rings. The smallest absolute Gasteiger partial charge is 0.248 e. The van der Waals surface area contributed by atoms with Crippen molar-refractivity contribution in [1.82, 2.24) is 5.32 Å². The summed E-state index contributed by atoms with van der Waals surface area (Å²) in [6.45, 7) is 5.30. The zero-order valence-electron chi connectivity index (χ0n) is 11.3. The molecule has 0 aromatic heterocycles. The van der Waals surface area contributed by atoms with Crippen molar-refractivity contribution in [2.24, 2.45) is 5.92 Å². The Kier molecular flexibility index (Phi) is 6.39. The van der Waals surface area contributed by atoms with E-state index in [0.29, 0.717) is 12.5 Å². The lowest BCUT2D eigenvalue weighted by Crippen LogP contribution is -2.29. The molecule has 1 saturated carbocycles. The van der Waals surface area contributed by atoms with E-state index in [1.807, 2.05) is 0 Å². The SMILES string of the molecule is CCNC(CC)CCCC1CCCC(F)(F)C1. The van der Waals surface area contributed by atoms with E-state index in [1.54, 1.807) is 0 Å². The molecule has 0 heterocycles. The standard InChI is InChI=1S/C14H27F2N/c1-3-13(17-4-2)9-5-7-12-8-6-10-14(15,16)11-12/h12-13,17H,3-11H2,1-2H3. The van der Waals surface area contributed by atoms with Crippen LogP contribution in [-0.4, -0.2) is 18.5 Å². The van der Waals surface area contributed by atoms with E-state index in [0.717, 1.165) is 38.6 Å². The van der Waals surface area contributed by atoms with Gasteiger partial charge >= 0.3 is 0 Å². The van der Waals surface area contributed by atoms with Crippen molar-refractivity contribution in [3.05, 3.63) is 0 Å². The van der Waals surface area contributed by atoms with Crippen LogP contribution in [0.1, 0.15) is 65.2 Å². The molecular weight excluding hydrogens is 220 g/mol. The van der Waals surface area contributed by atoms with Gasteiger partial charge in [-0.25, -0.2) is 8.78 Å². The van der Waals surface area contributed by atoms with Crippen LogP contribution in [0.4, 0.5) is 8.78 Å². The second-order valence-electron chi connectivity index (χ2n) is 5.41. The van der Waals surface area contributed by atoms with Crippen molar-refractivity contribution in [3.8, 4) is 0 Å². The van der Waals surface area contributed by atoms with Gasteiger partial charge in [-0.2, -0.15) is 0 Å². The lowest BCUT2D eigenvalue weighted by molar-refractivity contribution is -0.0538. The quantitative estimate of drug-likeness (QED) is 0.704. The molecule has 102 valence electrons. The number of halogens is 2. The molecule has 1 aliphatic carbocycles. The van der Waals surface area contributed by atoms with E-state index in [9.17, 15) is 8.78 Å². The lowest BCUT2D eigenvalue weighted by Gasteiger charge is -2.29. The van der Waals surface area contributed by atoms with E-state index in [1.165, 1.54) is 0 Å². The van der Waals surface area contributed by atoms with Gasteiger partial charge in [0.25, 0.3) is 0 Å². The van der Waals surface area contributed by atoms with E-state index in [2.05, 4.69) is 19.2 Å². The third kappa shape index (κ3) is 5.80. The molecule has 3 heteroatoms. The first kappa shape index (κ1) is 14.9. The number of alkyl halides is 2. The van der Waals surface area contributed by atoms with Crippen LogP contribution in [0.25, 0.3) is 0 Å². The van der Waals surface area contributed by atoms with Gasteiger partial charge in [0, 0.05) is 18.9 Å². The highest BCUT2D eigenvalue weighted by molar-refractivity contribution is 4.78. The zero-order valence-corrected chi connectivity index (χ0v) is 11.3. The molecule has 1 rings (SSSR count). The van der Waals surface area contributed by atoms with E-state index in [-0.39, 0.29) is 18.8 Å². The summed E-state index contributed by atoms with van der Waals surface area (Å²) >= 11 is 0. The molecule has 1 aliphatic rings. The molecule has 0 amide bonds. The Labute approximate surface area is 104 Å². The number of nitrogens with one attached hydrogen (secondary N) is 1. The van der Waals surface area contributed by atoms with Crippen LogP contribution in [0.2, 0.25) is 0 Å². The highest BCUT2D eigenvalue weighted by atomic mass is 19.3. The number of hydrogen-bond donors (Lipinski definition) is 1. The van der Waals surface area contributed by atoms with Crippen LogP contribution in [0.15, 0.2) is 0 Å². The predicted molar refractivity (Wildman–Crippen MR) is 68.5 cm³/mol. The molecule has 0 saturated heterocycles. The van der Waals surface area contributed by atoms with E-state index in [4.69, 9.17) is 0 Å². The van der Waals surface area contributed by atoms with Crippen molar-refractivity contribution in [1.29, 1.82) is 0 Å². The van der Waals surface area contributed by atoms with Crippen molar-refractivity contribution >= 4 is 0 Å². The van der Waals surface area contributed by atoms with Crippen LogP contribution in [0.3, 0.4) is 0 Å². The van der Waals surface area contributed by atoms with Crippen molar-refractivity contribution in [2.45, 2.75) is 77.2 Å². The van der Waals surface area contributed by atoms with Crippen molar-refractivity contribution in [2.75, 3.05) is 6.54 Å². The summed E-state index contributed by atoms with van der Waals surface area (Å²) in [5.41, 5.74) is 0. The van der Waals surface area contributed by atoms with Gasteiger partial charge < -0.3 is 5.32 Å². The van der Waals surface area contributed by atoms with Crippen molar-refractivity contribution in [3.63, 3.8) is 0 Å². The van der Waals surface area contributed by atoms with Gasteiger partial charge in [0.2, 0.25) is 5.92 Å². The Balaban J connectivity index is 2.17. The fraction of sp³-hybridized carbons (Fsp3) is 1.00. The van der Waals surface area contributed by atoms with Gasteiger partial charge in [0.15, 0.2) is 0 Å². The summed E-state index contributed by atoms with van der Waals surface area (Å²) in [7, 11) is 0. The average molecular weight is 247 g/mol. The Morgan fingerprint density at radius 3 is 2.71 bits per heavy atom. The van der Waals surface area contributed by atoms with Crippen molar-refractivity contribution < 1.29 is 8.78 Å².